The van der Waals surface area contributed by atoms with E-state index in [1.807, 2.05) is 0 Å². The topological polar surface area (TPSA) is 81.3 Å². The summed E-state index contributed by atoms with van der Waals surface area (Å²) >= 11 is 0. The minimum atomic E-state index is -0.237. The molecule has 1 aromatic heterocycles. The van der Waals surface area contributed by atoms with Crippen molar-refractivity contribution >= 4 is 5.95 Å². The molecule has 14 heavy (non-hydrogen) atoms. The van der Waals surface area contributed by atoms with Crippen LogP contribution >= 0.6 is 0 Å². The molecule has 1 aliphatic rings. The number of hydrogen-bond donors (Lipinski definition) is 2. The van der Waals surface area contributed by atoms with Gasteiger partial charge in [0.05, 0.1) is 6.10 Å². The second-order valence-corrected chi connectivity index (χ2v) is 3.46. The van der Waals surface area contributed by atoms with Crippen molar-refractivity contribution < 1.29 is 9.84 Å². The molecule has 0 saturated heterocycles. The number of rotatable bonds is 2. The zero-order valence-electron chi connectivity index (χ0n) is 7.76. The molecule has 2 unspecified atom stereocenters. The third-order valence-corrected chi connectivity index (χ3v) is 2.29. The number of ether oxygens (including phenoxy) is 1. The van der Waals surface area contributed by atoms with E-state index in [1.54, 1.807) is 12.3 Å². The SMILES string of the molecule is Nc1nccc(OC2CCC(O)C2)n1. The molecule has 1 saturated carbocycles. The average molecular weight is 195 g/mol. The molecule has 0 bridgehead atoms. The molecular weight excluding hydrogens is 182 g/mol. The molecule has 0 aromatic carbocycles. The lowest BCUT2D eigenvalue weighted by molar-refractivity contribution is 0.147. The minimum Gasteiger partial charge on any atom is -0.474 e. The van der Waals surface area contributed by atoms with Gasteiger partial charge in [-0.15, -0.1) is 0 Å². The second kappa shape index (κ2) is 3.79. The Morgan fingerprint density at radius 1 is 1.50 bits per heavy atom. The summed E-state index contributed by atoms with van der Waals surface area (Å²) < 4.78 is 5.54. The predicted molar refractivity (Wildman–Crippen MR) is 50.7 cm³/mol. The summed E-state index contributed by atoms with van der Waals surface area (Å²) in [4.78, 5) is 7.69. The van der Waals surface area contributed by atoms with Crippen LogP contribution in [-0.2, 0) is 0 Å². The highest BCUT2D eigenvalue weighted by Gasteiger charge is 2.24. The second-order valence-electron chi connectivity index (χ2n) is 3.46. The van der Waals surface area contributed by atoms with E-state index < -0.39 is 0 Å². The van der Waals surface area contributed by atoms with Gasteiger partial charge in [0.1, 0.15) is 6.10 Å². The summed E-state index contributed by atoms with van der Waals surface area (Å²) in [6.45, 7) is 0. The molecule has 5 heteroatoms. The minimum absolute atomic E-state index is 0.0549. The molecule has 1 heterocycles. The Balaban J connectivity index is 1.97. The molecule has 5 nitrogen and oxygen atoms in total. The first-order valence-electron chi connectivity index (χ1n) is 4.67. The number of nitrogens with zero attached hydrogens (tertiary/aromatic N) is 2. The lowest BCUT2D eigenvalue weighted by atomic mass is 10.3. The summed E-state index contributed by atoms with van der Waals surface area (Å²) in [6, 6.07) is 1.67. The van der Waals surface area contributed by atoms with Gasteiger partial charge in [-0.1, -0.05) is 0 Å². The Bertz CT molecular complexity index is 319. The molecule has 3 N–H and O–H groups in total. The molecular formula is C9H13N3O2. The third-order valence-electron chi connectivity index (χ3n) is 2.29. The average Bonchev–Trinajstić information content (AvgIpc) is 2.51. The summed E-state index contributed by atoms with van der Waals surface area (Å²) in [5, 5.41) is 9.29. The molecule has 2 rings (SSSR count). The Morgan fingerprint density at radius 3 is 3.00 bits per heavy atom. The summed E-state index contributed by atoms with van der Waals surface area (Å²) in [5.41, 5.74) is 5.41. The van der Waals surface area contributed by atoms with E-state index >= 15 is 0 Å². The fraction of sp³-hybridized carbons (Fsp3) is 0.556. The molecule has 2 atom stereocenters. The molecule has 0 spiro atoms. The van der Waals surface area contributed by atoms with Crippen LogP contribution in [0.3, 0.4) is 0 Å². The van der Waals surface area contributed by atoms with E-state index in [2.05, 4.69) is 9.97 Å². The maximum Gasteiger partial charge on any atom is 0.223 e. The quantitative estimate of drug-likeness (QED) is 0.711. The Kier molecular flexibility index (Phi) is 2.49. The maximum absolute atomic E-state index is 9.29. The van der Waals surface area contributed by atoms with Gasteiger partial charge in [0.15, 0.2) is 0 Å². The number of nitrogens with two attached hydrogens (primary N) is 1. The van der Waals surface area contributed by atoms with Gasteiger partial charge < -0.3 is 15.6 Å². The fourth-order valence-electron chi connectivity index (χ4n) is 1.62. The normalized spacial score (nSPS) is 26.4. The van der Waals surface area contributed by atoms with E-state index in [-0.39, 0.29) is 18.2 Å². The Hall–Kier alpha value is -1.36. The lowest BCUT2D eigenvalue weighted by Gasteiger charge is -2.11. The third kappa shape index (κ3) is 2.11. The van der Waals surface area contributed by atoms with Crippen molar-refractivity contribution in [2.24, 2.45) is 0 Å². The zero-order chi connectivity index (χ0) is 9.97. The number of anilines is 1. The van der Waals surface area contributed by atoms with Gasteiger partial charge in [-0.25, -0.2) is 4.98 Å². The monoisotopic (exact) mass is 195 g/mol. The fourth-order valence-corrected chi connectivity index (χ4v) is 1.62. The Labute approximate surface area is 81.9 Å². The largest absolute Gasteiger partial charge is 0.474 e. The van der Waals surface area contributed by atoms with Crippen LogP contribution in [0.5, 0.6) is 5.88 Å². The highest BCUT2D eigenvalue weighted by Crippen LogP contribution is 2.23. The molecule has 0 amide bonds. The van der Waals surface area contributed by atoms with E-state index in [9.17, 15) is 5.11 Å². The van der Waals surface area contributed by atoms with Crippen molar-refractivity contribution in [1.82, 2.24) is 9.97 Å². The van der Waals surface area contributed by atoms with Crippen molar-refractivity contribution in [3.63, 3.8) is 0 Å². The predicted octanol–water partition coefficient (Wildman–Crippen LogP) is 0.351. The number of nitrogen functional groups attached to an aromatic ring is 1. The van der Waals surface area contributed by atoms with Gasteiger partial charge in [-0.05, 0) is 12.8 Å². The number of aromatic nitrogens is 2. The van der Waals surface area contributed by atoms with Crippen LogP contribution in [0.25, 0.3) is 0 Å². The number of aliphatic hydroxyl groups is 1. The maximum atomic E-state index is 9.29. The van der Waals surface area contributed by atoms with Crippen molar-refractivity contribution in [2.75, 3.05) is 5.73 Å². The highest BCUT2D eigenvalue weighted by molar-refractivity contribution is 5.20. The first-order chi connectivity index (χ1) is 6.74. The molecule has 0 radical (unpaired) electrons. The molecule has 0 aliphatic heterocycles. The van der Waals surface area contributed by atoms with Crippen molar-refractivity contribution in [3.8, 4) is 5.88 Å². The van der Waals surface area contributed by atoms with Crippen LogP contribution in [-0.4, -0.2) is 27.3 Å². The van der Waals surface area contributed by atoms with Gasteiger partial charge in [0.2, 0.25) is 11.8 Å². The zero-order valence-corrected chi connectivity index (χ0v) is 7.76. The van der Waals surface area contributed by atoms with Crippen LogP contribution in [0.1, 0.15) is 19.3 Å². The van der Waals surface area contributed by atoms with Crippen LogP contribution in [0.15, 0.2) is 12.3 Å². The highest BCUT2D eigenvalue weighted by atomic mass is 16.5. The first-order valence-corrected chi connectivity index (χ1v) is 4.67. The van der Waals surface area contributed by atoms with Crippen LogP contribution in [0.4, 0.5) is 5.95 Å². The summed E-state index contributed by atoms with van der Waals surface area (Å²) in [6.07, 6.45) is 3.71. The van der Waals surface area contributed by atoms with Gasteiger partial charge in [-0.2, -0.15) is 4.98 Å². The summed E-state index contributed by atoms with van der Waals surface area (Å²) in [7, 11) is 0. The van der Waals surface area contributed by atoms with E-state index in [4.69, 9.17) is 10.5 Å². The van der Waals surface area contributed by atoms with Crippen LogP contribution in [0, 0.1) is 0 Å². The van der Waals surface area contributed by atoms with Gasteiger partial charge in [0.25, 0.3) is 0 Å². The summed E-state index contributed by atoms with van der Waals surface area (Å²) in [5.74, 6) is 0.692. The van der Waals surface area contributed by atoms with Gasteiger partial charge in [-0.3, -0.25) is 0 Å². The van der Waals surface area contributed by atoms with Crippen LogP contribution in [0.2, 0.25) is 0 Å². The smallest absolute Gasteiger partial charge is 0.223 e. The van der Waals surface area contributed by atoms with Crippen LogP contribution < -0.4 is 10.5 Å². The Morgan fingerprint density at radius 2 is 2.36 bits per heavy atom. The standard InChI is InChI=1S/C9H13N3O2/c10-9-11-4-3-8(12-9)14-7-2-1-6(13)5-7/h3-4,6-7,13H,1-2,5H2,(H2,10,11,12). The van der Waals surface area contributed by atoms with Crippen molar-refractivity contribution in [1.29, 1.82) is 0 Å². The molecule has 1 aromatic rings. The molecule has 1 fully saturated rings. The first kappa shape index (κ1) is 9.21. The van der Waals surface area contributed by atoms with Gasteiger partial charge in [0, 0.05) is 18.7 Å². The van der Waals surface area contributed by atoms with Gasteiger partial charge >= 0.3 is 0 Å². The molecule has 76 valence electrons. The van der Waals surface area contributed by atoms with E-state index in [0.29, 0.717) is 12.3 Å². The van der Waals surface area contributed by atoms with Crippen molar-refractivity contribution in [3.05, 3.63) is 12.3 Å². The van der Waals surface area contributed by atoms with E-state index in [1.165, 1.54) is 0 Å². The number of aliphatic hydroxyl groups excluding tert-OH is 1. The molecule has 1 aliphatic carbocycles. The lowest BCUT2D eigenvalue weighted by Crippen LogP contribution is -2.14. The van der Waals surface area contributed by atoms with Crippen molar-refractivity contribution in [2.45, 2.75) is 31.5 Å². The number of hydrogen-bond acceptors (Lipinski definition) is 5. The van der Waals surface area contributed by atoms with E-state index in [0.717, 1.165) is 12.8 Å².